The highest BCUT2D eigenvalue weighted by Gasteiger charge is 2.43. The van der Waals surface area contributed by atoms with Crippen LogP contribution in [0, 0.1) is 0 Å². The van der Waals surface area contributed by atoms with Gasteiger partial charge >= 0.3 is 6.09 Å². The van der Waals surface area contributed by atoms with E-state index in [1.165, 1.54) is 0 Å². The van der Waals surface area contributed by atoms with Crippen LogP contribution in [0.5, 0.6) is 0 Å². The van der Waals surface area contributed by atoms with Crippen molar-refractivity contribution in [3.8, 4) is 0 Å². The number of aromatic nitrogens is 2. The lowest BCUT2D eigenvalue weighted by Crippen LogP contribution is -2.45. The van der Waals surface area contributed by atoms with Gasteiger partial charge in [0.05, 0.1) is 16.7 Å². The molecule has 0 bridgehead atoms. The van der Waals surface area contributed by atoms with Gasteiger partial charge in [-0.15, -0.1) is 0 Å². The molecule has 6 heteroatoms. The summed E-state index contributed by atoms with van der Waals surface area (Å²) in [6.07, 6.45) is 4.32. The van der Waals surface area contributed by atoms with E-state index in [1.807, 2.05) is 31.6 Å². The number of amides is 1. The van der Waals surface area contributed by atoms with Gasteiger partial charge in [-0.25, -0.2) is 4.79 Å². The lowest BCUT2D eigenvalue weighted by atomic mass is 10.0. The van der Waals surface area contributed by atoms with Crippen LogP contribution in [0.1, 0.15) is 47.1 Å². The van der Waals surface area contributed by atoms with Gasteiger partial charge in [0.15, 0.2) is 0 Å². The summed E-state index contributed by atoms with van der Waals surface area (Å²) in [4.78, 5) is 14.1. The van der Waals surface area contributed by atoms with E-state index in [-0.39, 0.29) is 17.7 Å². The Labute approximate surface area is 128 Å². The number of nitrogens with zero attached hydrogens (tertiary/aromatic N) is 3. The Morgan fingerprint density at radius 2 is 2.15 bits per heavy atom. The van der Waals surface area contributed by atoms with Gasteiger partial charge in [-0.05, 0) is 57.0 Å². The smallest absolute Gasteiger partial charge is 0.410 e. The van der Waals surface area contributed by atoms with Crippen LogP contribution in [0.25, 0.3) is 0 Å². The molecular weight excluding hydrogens is 322 g/mol. The SMILES string of the molecule is CC(C)(C)OC(=O)N1CC(n2cc(Br)cn2)CC1(C)C. The number of hydrogen-bond donors (Lipinski definition) is 0. The molecule has 1 aliphatic heterocycles. The van der Waals surface area contributed by atoms with Gasteiger partial charge in [-0.2, -0.15) is 5.10 Å². The molecule has 2 heterocycles. The minimum Gasteiger partial charge on any atom is -0.444 e. The number of rotatable bonds is 1. The fourth-order valence-corrected chi connectivity index (χ4v) is 2.84. The van der Waals surface area contributed by atoms with E-state index in [0.717, 1.165) is 10.9 Å². The van der Waals surface area contributed by atoms with Crippen molar-refractivity contribution < 1.29 is 9.53 Å². The monoisotopic (exact) mass is 343 g/mol. The summed E-state index contributed by atoms with van der Waals surface area (Å²) in [7, 11) is 0. The minimum atomic E-state index is -0.472. The van der Waals surface area contributed by atoms with Gasteiger partial charge < -0.3 is 9.64 Å². The minimum absolute atomic E-state index is 0.184. The van der Waals surface area contributed by atoms with Crippen LogP contribution < -0.4 is 0 Å². The summed E-state index contributed by atoms with van der Waals surface area (Å²) in [5.74, 6) is 0. The third-order valence-electron chi connectivity index (χ3n) is 3.42. The Bertz CT molecular complexity index is 505. The molecule has 0 spiro atoms. The van der Waals surface area contributed by atoms with Gasteiger partial charge in [0.25, 0.3) is 0 Å². The van der Waals surface area contributed by atoms with Crippen molar-refractivity contribution in [3.05, 3.63) is 16.9 Å². The fraction of sp³-hybridized carbons (Fsp3) is 0.714. The predicted octanol–water partition coefficient (Wildman–Crippen LogP) is 3.61. The highest BCUT2D eigenvalue weighted by molar-refractivity contribution is 9.10. The largest absolute Gasteiger partial charge is 0.444 e. The summed E-state index contributed by atoms with van der Waals surface area (Å²) >= 11 is 3.40. The quantitative estimate of drug-likeness (QED) is 0.782. The Morgan fingerprint density at radius 1 is 1.50 bits per heavy atom. The summed E-state index contributed by atoms with van der Waals surface area (Å²) in [6.45, 7) is 10.4. The van der Waals surface area contributed by atoms with Crippen molar-refractivity contribution in [3.63, 3.8) is 0 Å². The van der Waals surface area contributed by atoms with Crippen molar-refractivity contribution in [2.45, 2.75) is 58.2 Å². The average Bonchev–Trinajstić information content (AvgIpc) is 2.79. The molecule has 0 aliphatic carbocycles. The van der Waals surface area contributed by atoms with Gasteiger partial charge in [-0.3, -0.25) is 4.68 Å². The first-order chi connectivity index (χ1) is 9.08. The fourth-order valence-electron chi connectivity index (χ4n) is 2.54. The number of halogens is 1. The molecule has 20 heavy (non-hydrogen) atoms. The highest BCUT2D eigenvalue weighted by atomic mass is 79.9. The van der Waals surface area contributed by atoms with Crippen LogP contribution in [0.15, 0.2) is 16.9 Å². The molecule has 0 aromatic carbocycles. The lowest BCUT2D eigenvalue weighted by Gasteiger charge is -2.33. The first-order valence-corrected chi connectivity index (χ1v) is 7.58. The zero-order valence-corrected chi connectivity index (χ0v) is 14.3. The Balaban J connectivity index is 2.13. The highest BCUT2D eigenvalue weighted by Crippen LogP contribution is 2.36. The number of likely N-dealkylation sites (tertiary alicyclic amines) is 1. The zero-order valence-electron chi connectivity index (χ0n) is 12.7. The number of carbonyl (C=O) groups is 1. The summed E-state index contributed by atoms with van der Waals surface area (Å²) in [5, 5.41) is 4.32. The molecule has 1 aromatic heterocycles. The van der Waals surface area contributed by atoms with Gasteiger partial charge in [0.2, 0.25) is 0 Å². The molecule has 5 nitrogen and oxygen atoms in total. The molecule has 1 saturated heterocycles. The molecule has 2 rings (SSSR count). The molecule has 0 N–H and O–H groups in total. The van der Waals surface area contributed by atoms with Crippen molar-refractivity contribution in [2.75, 3.05) is 6.54 Å². The number of ether oxygens (including phenoxy) is 1. The Hall–Kier alpha value is -1.04. The van der Waals surface area contributed by atoms with E-state index >= 15 is 0 Å². The zero-order chi connectivity index (χ0) is 15.1. The van der Waals surface area contributed by atoms with Gasteiger partial charge in [-0.1, -0.05) is 0 Å². The van der Waals surface area contributed by atoms with Crippen LogP contribution in [0.4, 0.5) is 4.79 Å². The standard InChI is InChI=1S/C14H22BrN3O2/c1-13(2,3)20-12(19)17-9-11(6-14(17,4)5)18-8-10(15)7-16-18/h7-8,11H,6,9H2,1-5H3. The number of hydrogen-bond acceptors (Lipinski definition) is 3. The maximum atomic E-state index is 12.3. The molecule has 1 unspecified atom stereocenters. The lowest BCUT2D eigenvalue weighted by molar-refractivity contribution is 0.0131. The van der Waals surface area contributed by atoms with Crippen LogP contribution in [0.3, 0.4) is 0 Å². The topological polar surface area (TPSA) is 47.4 Å². The average molecular weight is 344 g/mol. The van der Waals surface area contributed by atoms with Crippen LogP contribution >= 0.6 is 15.9 Å². The maximum absolute atomic E-state index is 12.3. The second-order valence-electron chi connectivity index (χ2n) is 6.90. The molecular formula is C14H22BrN3O2. The molecule has 1 atom stereocenters. The summed E-state index contributed by atoms with van der Waals surface area (Å²) < 4.78 is 8.36. The molecule has 1 aliphatic rings. The number of carbonyl (C=O) groups excluding carboxylic acids is 1. The van der Waals surface area contributed by atoms with E-state index in [4.69, 9.17) is 4.74 Å². The molecule has 1 aromatic rings. The summed E-state index contributed by atoms with van der Waals surface area (Å²) in [6, 6.07) is 0.184. The van der Waals surface area contributed by atoms with E-state index < -0.39 is 5.60 Å². The maximum Gasteiger partial charge on any atom is 0.410 e. The Kier molecular flexibility index (Phi) is 3.88. The Morgan fingerprint density at radius 3 is 2.65 bits per heavy atom. The molecule has 1 amide bonds. The van der Waals surface area contributed by atoms with E-state index in [2.05, 4.69) is 34.9 Å². The predicted molar refractivity (Wildman–Crippen MR) is 80.6 cm³/mol. The second kappa shape index (κ2) is 5.06. The third-order valence-corrected chi connectivity index (χ3v) is 3.83. The summed E-state index contributed by atoms with van der Waals surface area (Å²) in [5.41, 5.74) is -0.703. The normalized spacial score (nSPS) is 22.1. The molecule has 1 fully saturated rings. The molecule has 0 saturated carbocycles. The third kappa shape index (κ3) is 3.34. The first-order valence-electron chi connectivity index (χ1n) is 6.79. The first kappa shape index (κ1) is 15.4. The van der Waals surface area contributed by atoms with Crippen molar-refractivity contribution in [2.24, 2.45) is 0 Å². The van der Waals surface area contributed by atoms with Gasteiger partial charge in [0, 0.05) is 18.3 Å². The van der Waals surface area contributed by atoms with Crippen LogP contribution in [0.2, 0.25) is 0 Å². The van der Waals surface area contributed by atoms with Crippen molar-refractivity contribution in [1.82, 2.24) is 14.7 Å². The second-order valence-corrected chi connectivity index (χ2v) is 7.82. The van der Waals surface area contributed by atoms with Crippen molar-refractivity contribution in [1.29, 1.82) is 0 Å². The van der Waals surface area contributed by atoms with E-state index in [1.54, 1.807) is 11.1 Å². The molecule has 112 valence electrons. The molecule has 0 radical (unpaired) electrons. The van der Waals surface area contributed by atoms with E-state index in [9.17, 15) is 4.79 Å². The van der Waals surface area contributed by atoms with Crippen LogP contribution in [-0.2, 0) is 4.74 Å². The van der Waals surface area contributed by atoms with Gasteiger partial charge in [0.1, 0.15) is 5.60 Å². The van der Waals surface area contributed by atoms with Crippen molar-refractivity contribution >= 4 is 22.0 Å². The van der Waals surface area contributed by atoms with E-state index in [0.29, 0.717) is 6.54 Å². The van der Waals surface area contributed by atoms with Crippen LogP contribution in [-0.4, -0.2) is 38.5 Å².